The van der Waals surface area contributed by atoms with Crippen LogP contribution in [0.5, 0.6) is 0 Å². The van der Waals surface area contributed by atoms with E-state index in [0.29, 0.717) is 9.26 Å². The number of ether oxygens (including phenoxy) is 2. The molecule has 0 N–H and O–H groups in total. The Morgan fingerprint density at radius 2 is 2.38 bits per heavy atom. The van der Waals surface area contributed by atoms with Crippen molar-refractivity contribution in [2.75, 3.05) is 18.6 Å². The van der Waals surface area contributed by atoms with Crippen LogP contribution in [0.2, 0.25) is 0 Å². The van der Waals surface area contributed by atoms with Crippen LogP contribution in [-0.4, -0.2) is 26.0 Å². The maximum atomic E-state index is 13.3. The largest absolute Gasteiger partial charge is 0.417 e. The normalized spacial score (nSPS) is 20.1. The van der Waals surface area contributed by atoms with Crippen molar-refractivity contribution >= 4 is 34.4 Å². The quantitative estimate of drug-likeness (QED) is 0.778. The van der Waals surface area contributed by atoms with Crippen LogP contribution >= 0.6 is 22.6 Å². The summed E-state index contributed by atoms with van der Waals surface area (Å²) in [7, 11) is 1.45. The molecule has 1 aliphatic rings. The van der Waals surface area contributed by atoms with Gasteiger partial charge in [-0.25, -0.2) is 9.18 Å². The summed E-state index contributed by atoms with van der Waals surface area (Å²) in [5.74, 6) is -0.355. The second-order valence-electron chi connectivity index (χ2n) is 3.26. The first-order chi connectivity index (χ1) is 7.61. The zero-order chi connectivity index (χ0) is 11.7. The van der Waals surface area contributed by atoms with Gasteiger partial charge in [-0.05, 0) is 40.8 Å². The third kappa shape index (κ3) is 2.12. The minimum atomic E-state index is -0.588. The zero-order valence-electron chi connectivity index (χ0n) is 8.44. The molecule has 1 amide bonds. The fourth-order valence-electron chi connectivity index (χ4n) is 1.42. The van der Waals surface area contributed by atoms with Crippen molar-refractivity contribution in [3.8, 4) is 0 Å². The molecule has 1 saturated heterocycles. The van der Waals surface area contributed by atoms with Crippen molar-refractivity contribution in [1.82, 2.24) is 0 Å². The molecule has 0 aromatic heterocycles. The van der Waals surface area contributed by atoms with Gasteiger partial charge in [0.15, 0.2) is 0 Å². The number of benzene rings is 1. The predicted octanol–water partition coefficient (Wildman–Crippen LogP) is 2.36. The average Bonchev–Trinajstić information content (AvgIpc) is 2.64. The van der Waals surface area contributed by atoms with E-state index < -0.39 is 12.4 Å². The molecule has 1 atom stereocenters. The predicted molar refractivity (Wildman–Crippen MR) is 63.7 cm³/mol. The maximum absolute atomic E-state index is 13.3. The summed E-state index contributed by atoms with van der Waals surface area (Å²) in [4.78, 5) is 12.8. The number of anilines is 1. The van der Waals surface area contributed by atoms with Gasteiger partial charge in [-0.2, -0.15) is 0 Å². The van der Waals surface area contributed by atoms with Crippen LogP contribution in [0.15, 0.2) is 18.2 Å². The highest BCUT2D eigenvalue weighted by molar-refractivity contribution is 14.1. The molecule has 86 valence electrons. The van der Waals surface area contributed by atoms with Gasteiger partial charge >= 0.3 is 6.09 Å². The second-order valence-corrected chi connectivity index (χ2v) is 4.42. The highest BCUT2D eigenvalue weighted by Gasteiger charge is 2.32. The third-order valence-corrected chi connectivity index (χ3v) is 3.14. The van der Waals surface area contributed by atoms with Crippen LogP contribution in [0.1, 0.15) is 0 Å². The molecule has 2 rings (SSSR count). The molecule has 0 radical (unpaired) electrons. The van der Waals surface area contributed by atoms with Gasteiger partial charge in [0.2, 0.25) is 6.29 Å². The molecule has 0 unspecified atom stereocenters. The summed E-state index contributed by atoms with van der Waals surface area (Å²) in [6, 6.07) is 4.59. The van der Waals surface area contributed by atoms with E-state index in [9.17, 15) is 9.18 Å². The Labute approximate surface area is 105 Å². The maximum Gasteiger partial charge on any atom is 0.416 e. The summed E-state index contributed by atoms with van der Waals surface area (Å²) in [5, 5.41) is 0. The molecule has 0 bridgehead atoms. The molecule has 1 heterocycles. The van der Waals surface area contributed by atoms with Crippen molar-refractivity contribution in [3.05, 3.63) is 27.6 Å². The molecule has 6 heteroatoms. The number of halogens is 2. The fourth-order valence-corrected chi connectivity index (χ4v) is 1.76. The van der Waals surface area contributed by atoms with Gasteiger partial charge in [0.1, 0.15) is 5.82 Å². The Balaban J connectivity index is 2.24. The smallest absolute Gasteiger partial charge is 0.416 e. The van der Waals surface area contributed by atoms with E-state index in [4.69, 9.17) is 9.47 Å². The molecule has 4 nitrogen and oxygen atoms in total. The van der Waals surface area contributed by atoms with Gasteiger partial charge in [-0.3, -0.25) is 4.90 Å². The summed E-state index contributed by atoms with van der Waals surface area (Å²) < 4.78 is 23.6. The van der Waals surface area contributed by atoms with Gasteiger partial charge in [-0.15, -0.1) is 0 Å². The Kier molecular flexibility index (Phi) is 3.29. The Morgan fingerprint density at radius 3 is 2.94 bits per heavy atom. The molecule has 1 fully saturated rings. The number of cyclic esters (lactones) is 1. The van der Waals surface area contributed by atoms with E-state index in [2.05, 4.69) is 0 Å². The number of hydrogen-bond donors (Lipinski definition) is 0. The molecule has 1 aliphatic heterocycles. The summed E-state index contributed by atoms with van der Waals surface area (Å²) in [5.41, 5.74) is 0.475. The Morgan fingerprint density at radius 1 is 1.62 bits per heavy atom. The fraction of sp³-hybridized carbons (Fsp3) is 0.300. The second kappa shape index (κ2) is 4.54. The number of hydrogen-bond acceptors (Lipinski definition) is 3. The third-order valence-electron chi connectivity index (χ3n) is 2.26. The lowest BCUT2D eigenvalue weighted by molar-refractivity contribution is -0.0488. The number of amides is 1. The lowest BCUT2D eigenvalue weighted by atomic mass is 10.3. The van der Waals surface area contributed by atoms with E-state index in [1.165, 1.54) is 18.1 Å². The molecule has 1 aromatic rings. The molecule has 16 heavy (non-hydrogen) atoms. The van der Waals surface area contributed by atoms with Crippen molar-refractivity contribution in [2.24, 2.45) is 0 Å². The first-order valence-electron chi connectivity index (χ1n) is 4.58. The average molecular weight is 337 g/mol. The lowest BCUT2D eigenvalue weighted by Crippen LogP contribution is -2.24. The van der Waals surface area contributed by atoms with Crippen LogP contribution in [0.4, 0.5) is 14.9 Å². The van der Waals surface area contributed by atoms with Crippen LogP contribution in [-0.2, 0) is 9.47 Å². The lowest BCUT2D eigenvalue weighted by Gasteiger charge is -2.12. The molecule has 0 saturated carbocycles. The van der Waals surface area contributed by atoms with E-state index in [0.717, 1.165) is 0 Å². The standard InChI is InChI=1S/C10H9FINO3/c1-15-9-5-13(10(14)16-9)6-2-3-8(12)7(11)4-6/h2-4,9H,5H2,1H3/t9-/m1/s1. The molecular weight excluding hydrogens is 328 g/mol. The molecule has 0 spiro atoms. The van der Waals surface area contributed by atoms with Crippen LogP contribution in [0, 0.1) is 9.39 Å². The molecule has 1 aromatic carbocycles. The molecule has 0 aliphatic carbocycles. The molecular formula is C10H9FINO3. The monoisotopic (exact) mass is 337 g/mol. The van der Waals surface area contributed by atoms with Crippen LogP contribution in [0.25, 0.3) is 0 Å². The zero-order valence-corrected chi connectivity index (χ0v) is 10.6. The first kappa shape index (κ1) is 11.6. The minimum Gasteiger partial charge on any atom is -0.417 e. The number of methoxy groups -OCH3 is 1. The van der Waals surface area contributed by atoms with Crippen molar-refractivity contribution < 1.29 is 18.7 Å². The minimum absolute atomic E-state index is 0.273. The van der Waals surface area contributed by atoms with Gasteiger partial charge < -0.3 is 9.47 Å². The summed E-state index contributed by atoms with van der Waals surface area (Å²) in [6.45, 7) is 0.273. The first-order valence-corrected chi connectivity index (χ1v) is 5.65. The summed E-state index contributed by atoms with van der Waals surface area (Å²) in [6.07, 6.45) is -1.11. The SMILES string of the molecule is CO[C@H]1CN(c2ccc(I)c(F)c2)C(=O)O1. The van der Waals surface area contributed by atoms with E-state index >= 15 is 0 Å². The van der Waals surface area contributed by atoms with Crippen LogP contribution in [0.3, 0.4) is 0 Å². The van der Waals surface area contributed by atoms with Gasteiger partial charge in [-0.1, -0.05) is 0 Å². The van der Waals surface area contributed by atoms with E-state index in [-0.39, 0.29) is 12.4 Å². The number of carbonyl (C=O) groups is 1. The van der Waals surface area contributed by atoms with Crippen molar-refractivity contribution in [2.45, 2.75) is 6.29 Å². The Hall–Kier alpha value is -0.890. The Bertz CT molecular complexity index is 427. The topological polar surface area (TPSA) is 38.8 Å². The van der Waals surface area contributed by atoms with Crippen molar-refractivity contribution in [1.29, 1.82) is 0 Å². The highest BCUT2D eigenvalue weighted by Crippen LogP contribution is 2.24. The number of carbonyl (C=O) groups excluding carboxylic acids is 1. The van der Waals surface area contributed by atoms with Gasteiger partial charge in [0.25, 0.3) is 0 Å². The van der Waals surface area contributed by atoms with Gasteiger partial charge in [0.05, 0.1) is 12.2 Å². The number of nitrogens with zero attached hydrogens (tertiary/aromatic N) is 1. The van der Waals surface area contributed by atoms with E-state index in [1.54, 1.807) is 12.1 Å². The van der Waals surface area contributed by atoms with Gasteiger partial charge in [0, 0.05) is 10.7 Å². The summed E-state index contributed by atoms with van der Waals surface area (Å²) >= 11 is 1.89. The van der Waals surface area contributed by atoms with Crippen LogP contribution < -0.4 is 4.90 Å². The number of rotatable bonds is 2. The van der Waals surface area contributed by atoms with Crippen molar-refractivity contribution in [3.63, 3.8) is 0 Å². The highest BCUT2D eigenvalue weighted by atomic mass is 127. The van der Waals surface area contributed by atoms with E-state index in [1.807, 2.05) is 22.6 Å².